The molecule has 3 aromatic carbocycles. The summed E-state index contributed by atoms with van der Waals surface area (Å²) in [7, 11) is 0. The summed E-state index contributed by atoms with van der Waals surface area (Å²) in [4.78, 5) is 0. The minimum absolute atomic E-state index is 0.139. The van der Waals surface area contributed by atoms with E-state index in [-0.39, 0.29) is 28.8 Å². The van der Waals surface area contributed by atoms with Crippen molar-refractivity contribution in [3.8, 4) is 5.75 Å². The molecule has 0 saturated carbocycles. The van der Waals surface area contributed by atoms with E-state index in [4.69, 9.17) is 23.0 Å². The van der Waals surface area contributed by atoms with E-state index in [1.165, 1.54) is 0 Å². The van der Waals surface area contributed by atoms with Crippen molar-refractivity contribution in [2.75, 3.05) is 17.2 Å². The van der Waals surface area contributed by atoms with Crippen molar-refractivity contribution in [3.63, 3.8) is 0 Å². The Morgan fingerprint density at radius 2 is 1.02 bits per heavy atom. The second-order valence-corrected chi connectivity index (χ2v) is 54.7. The third-order valence-electron chi connectivity index (χ3n) is 12.6. The third-order valence-corrected chi connectivity index (χ3v) is 57.2. The molecule has 0 aliphatic heterocycles. The Morgan fingerprint density at radius 1 is 0.630 bits per heavy atom. The predicted octanol–water partition coefficient (Wildman–Crippen LogP) is 10.1. The second kappa shape index (κ2) is 9.54. The summed E-state index contributed by atoms with van der Waals surface area (Å²) in [5.74, 6) is 0.239. The second-order valence-electron chi connectivity index (χ2n) is 19.0. The van der Waals surface area contributed by atoms with Gasteiger partial charge >= 0.3 is 268 Å². The zero-order valence-electron chi connectivity index (χ0n) is 29.9. The molecule has 258 valence electrons. The first-order valence-corrected chi connectivity index (χ1v) is 29.8. The van der Waals surface area contributed by atoms with Crippen LogP contribution in [0.15, 0.2) is 72.8 Å². The number of unbranched alkanes of at least 4 members (excludes halogenated alkanes) is 4. The Kier molecular flexibility index (Phi) is 7.87. The molecule has 0 radical (unpaired) electrons. The fraction of sp³-hybridized carbons (Fsp3) is 0.526. The number of hydrogen-bond acceptors (Lipinski definition) is 7. The molecule has 0 spiro atoms. The molecule has 46 heavy (non-hydrogen) atoms. The van der Waals surface area contributed by atoms with Gasteiger partial charge in [0.15, 0.2) is 0 Å². The zero-order valence-corrected chi connectivity index (χ0v) is 32.4. The quantitative estimate of drug-likeness (QED) is 0.0532. The Morgan fingerprint density at radius 3 is 1.35 bits per heavy atom. The molecule has 7 N–H and O–H groups in total. The van der Waals surface area contributed by atoms with Crippen LogP contribution >= 0.6 is 0 Å². The summed E-state index contributed by atoms with van der Waals surface area (Å²) in [6.45, 7) is 16.4. The molecule has 7 nitrogen and oxygen atoms in total. The van der Waals surface area contributed by atoms with E-state index in [9.17, 15) is 5.26 Å². The van der Waals surface area contributed by atoms with Gasteiger partial charge in [0.1, 0.15) is 0 Å². The number of rotatable bonds is 15. The molecule has 3 aromatic rings. The van der Waals surface area contributed by atoms with E-state index in [0.29, 0.717) is 42.7 Å². The van der Waals surface area contributed by atoms with Crippen molar-refractivity contribution < 1.29 is 27.6 Å². The first-order chi connectivity index (χ1) is 21.0. The Labute approximate surface area is 266 Å². The summed E-state index contributed by atoms with van der Waals surface area (Å²) in [6.07, 6.45) is 3.90. The van der Waals surface area contributed by atoms with Crippen molar-refractivity contribution >= 4 is 23.6 Å². The molecule has 0 aromatic heterocycles. The molecule has 0 bridgehead atoms. The summed E-state index contributed by atoms with van der Waals surface area (Å²) in [5, 5.41) is 13.0. The molecular formula is C38H63N3O4Zr. The van der Waals surface area contributed by atoms with Crippen molar-refractivity contribution in [1.29, 1.82) is 0 Å². The van der Waals surface area contributed by atoms with Gasteiger partial charge in [-0.2, -0.15) is 0 Å². The van der Waals surface area contributed by atoms with Gasteiger partial charge in [-0.1, -0.05) is 0 Å². The van der Waals surface area contributed by atoms with E-state index in [1.807, 2.05) is 53.7 Å². The van der Waals surface area contributed by atoms with Gasteiger partial charge in [0.05, 0.1) is 0 Å². The third kappa shape index (κ3) is 4.60. The molecule has 0 atom stereocenters. The molecule has 0 saturated heterocycles. The van der Waals surface area contributed by atoms with Crippen LogP contribution in [0.3, 0.4) is 0 Å². The number of nitrogens with two attached hydrogens (primary N) is 3. The van der Waals surface area contributed by atoms with Crippen LogP contribution < -0.4 is 26.6 Å². The van der Waals surface area contributed by atoms with Crippen molar-refractivity contribution in [1.82, 2.24) is 0 Å². The van der Waals surface area contributed by atoms with Gasteiger partial charge < -0.3 is 0 Å². The Balaban J connectivity index is 3.24. The standard InChI is InChI=1S/C6H7NO.2C6H6N.4C5H11.H2O2.O.Zr/c7-5-2-1-3-6(8)4-5;2*7-6-4-2-1-3-5-6;2*1-5(2,3)4;2*1-3-5-4-2;1-2;;/h1-4,8H,7H2;2*1-2,4-5H,7H2;2*1H2,2-4H3;2*1,3-5H2,2H3;1-2H;;/q;;;;;;;;;+2/p-2. The van der Waals surface area contributed by atoms with Gasteiger partial charge in [0.2, 0.25) is 0 Å². The van der Waals surface area contributed by atoms with E-state index in [2.05, 4.69) is 13.8 Å². The number of nitrogen functional groups attached to an aromatic ring is 3. The van der Waals surface area contributed by atoms with Crippen LogP contribution in [0.2, 0.25) is 16.5 Å². The molecule has 0 aliphatic rings. The molecule has 8 heteroatoms. The van der Waals surface area contributed by atoms with Crippen LogP contribution in [-0.2, 0) is 19.5 Å². The molecular weight excluding hydrogens is 654 g/mol. The summed E-state index contributed by atoms with van der Waals surface area (Å²) in [6, 6.07) is 21.2. The minimum atomic E-state index is -9.82. The first-order valence-electron chi connectivity index (χ1n) is 17.4. The Hall–Kier alpha value is -2.54. The van der Waals surface area contributed by atoms with Crippen LogP contribution in [0.1, 0.15) is 93.9 Å². The zero-order chi connectivity index (χ0) is 34.8. The maximum atomic E-state index is 20.4. The van der Waals surface area contributed by atoms with Crippen LogP contribution in [0.25, 0.3) is 0 Å². The first kappa shape index (κ1) is 37.9. The topological polar surface area (TPSA) is 134 Å². The molecule has 3 rings (SSSR count). The molecule has 0 aliphatic carbocycles. The van der Waals surface area contributed by atoms with Crippen LogP contribution in [0, 0.1) is 10.8 Å². The van der Waals surface area contributed by atoms with E-state index in [1.54, 1.807) is 60.7 Å². The summed E-state index contributed by atoms with van der Waals surface area (Å²) >= 11 is -9.82. The van der Waals surface area contributed by atoms with E-state index in [0.717, 1.165) is 12.8 Å². The molecule has 0 unspecified atom stereocenters. The van der Waals surface area contributed by atoms with Gasteiger partial charge in [-0.05, 0) is 0 Å². The number of benzene rings is 3. The SMILES string of the molecule is CCCC[CH2][Zr](=[O])([CH2]CCCC)([CH2]C(C)(C)C)([CH2]C(C)(C)C)([O]O)([O]c1cccc(N)c1)([c]1cccc(N)c1)[c]1cccc(N)c1. The Bertz CT molecular complexity index is 1740. The monoisotopic (exact) mass is 715 g/mol. The summed E-state index contributed by atoms with van der Waals surface area (Å²) in [5.41, 5.74) is 19.5. The van der Waals surface area contributed by atoms with Crippen LogP contribution in [-0.4, -0.2) is 5.26 Å². The van der Waals surface area contributed by atoms with E-state index < -0.39 is 24.6 Å². The van der Waals surface area contributed by atoms with Gasteiger partial charge in [-0.15, -0.1) is 0 Å². The van der Waals surface area contributed by atoms with E-state index >= 15 is 2.81 Å². The molecule has 0 heterocycles. The fourth-order valence-corrected chi connectivity index (χ4v) is 66.6. The normalized spacial score (nSPS) is 17.4. The van der Waals surface area contributed by atoms with Gasteiger partial charge in [0, 0.05) is 0 Å². The van der Waals surface area contributed by atoms with Crippen LogP contribution in [0.4, 0.5) is 17.1 Å². The number of hydrogen-bond donors (Lipinski definition) is 4. The fourth-order valence-electron chi connectivity index (χ4n) is 12.8. The summed E-state index contributed by atoms with van der Waals surface area (Å²) < 4.78 is 35.2. The van der Waals surface area contributed by atoms with Gasteiger partial charge in [-0.3, -0.25) is 0 Å². The average Bonchev–Trinajstić information content (AvgIpc) is 2.93. The predicted molar refractivity (Wildman–Crippen MR) is 194 cm³/mol. The van der Waals surface area contributed by atoms with Crippen molar-refractivity contribution in [2.24, 2.45) is 10.8 Å². The van der Waals surface area contributed by atoms with Gasteiger partial charge in [0.25, 0.3) is 0 Å². The number of anilines is 3. The van der Waals surface area contributed by atoms with Crippen molar-refractivity contribution in [2.45, 2.75) is 110 Å². The molecule has 0 amide bonds. The van der Waals surface area contributed by atoms with Gasteiger partial charge in [-0.25, -0.2) is 0 Å². The maximum absolute atomic E-state index is 20.4. The van der Waals surface area contributed by atoms with Crippen LogP contribution in [0.5, 0.6) is 5.75 Å². The average molecular weight is 717 g/mol. The molecule has 0 fully saturated rings. The van der Waals surface area contributed by atoms with Crippen molar-refractivity contribution in [3.05, 3.63) is 72.8 Å².